The molecule has 122 valence electrons. The summed E-state index contributed by atoms with van der Waals surface area (Å²) < 4.78 is 5.90. The van der Waals surface area contributed by atoms with Crippen LogP contribution < -0.4 is 4.74 Å². The molecule has 0 aromatic heterocycles. The van der Waals surface area contributed by atoms with E-state index in [2.05, 4.69) is 25.1 Å². The predicted molar refractivity (Wildman–Crippen MR) is 95.7 cm³/mol. The topological polar surface area (TPSA) is 46.5 Å². The zero-order valence-electron chi connectivity index (χ0n) is 13.7. The second-order valence-electron chi connectivity index (χ2n) is 5.81. The van der Waals surface area contributed by atoms with Gasteiger partial charge in [-0.15, -0.1) is 0 Å². The molecular formula is C21H20O3. The molecule has 0 radical (unpaired) electrons. The quantitative estimate of drug-likeness (QED) is 0.690. The molecule has 0 bridgehead atoms. The Morgan fingerprint density at radius 1 is 1.04 bits per heavy atom. The van der Waals surface area contributed by atoms with E-state index in [0.717, 1.165) is 34.7 Å². The summed E-state index contributed by atoms with van der Waals surface area (Å²) in [6, 6.07) is 19.5. The number of hydrogen-bond acceptors (Lipinski definition) is 2. The van der Waals surface area contributed by atoms with Crippen LogP contribution in [0.3, 0.4) is 0 Å². The van der Waals surface area contributed by atoms with Gasteiger partial charge in [-0.3, -0.25) is 0 Å². The van der Waals surface area contributed by atoms with E-state index in [1.807, 2.05) is 36.4 Å². The minimum Gasteiger partial charge on any atom is -0.488 e. The van der Waals surface area contributed by atoms with Crippen molar-refractivity contribution in [2.24, 2.45) is 0 Å². The van der Waals surface area contributed by atoms with Crippen molar-refractivity contribution in [2.75, 3.05) is 0 Å². The molecule has 1 N–H and O–H groups in total. The second kappa shape index (κ2) is 7.18. The highest BCUT2D eigenvalue weighted by Crippen LogP contribution is 2.25. The van der Waals surface area contributed by atoms with E-state index >= 15 is 0 Å². The first kappa shape index (κ1) is 16.1. The predicted octanol–water partition coefficient (Wildman–Crippen LogP) is 5.07. The van der Waals surface area contributed by atoms with Crippen LogP contribution in [0.5, 0.6) is 5.75 Å². The van der Waals surface area contributed by atoms with Crippen LogP contribution in [0.1, 0.15) is 34.8 Å². The Hall–Kier alpha value is -2.81. The maximum atomic E-state index is 11.4. The maximum absolute atomic E-state index is 11.4. The summed E-state index contributed by atoms with van der Waals surface area (Å²) in [5.41, 5.74) is 2.34. The van der Waals surface area contributed by atoms with Gasteiger partial charge in [-0.1, -0.05) is 61.9 Å². The Kier molecular flexibility index (Phi) is 4.80. The third-order valence-electron chi connectivity index (χ3n) is 4.08. The summed E-state index contributed by atoms with van der Waals surface area (Å²) in [4.78, 5) is 11.4. The van der Waals surface area contributed by atoms with Crippen molar-refractivity contribution in [2.45, 2.75) is 26.4 Å². The van der Waals surface area contributed by atoms with Crippen LogP contribution in [0.4, 0.5) is 0 Å². The highest BCUT2D eigenvalue weighted by molar-refractivity contribution is 5.91. The molecule has 3 heteroatoms. The number of fused-ring (bicyclic) bond motifs is 1. The van der Waals surface area contributed by atoms with Crippen LogP contribution in [0.25, 0.3) is 10.8 Å². The number of aromatic carboxylic acids is 1. The highest BCUT2D eigenvalue weighted by atomic mass is 16.5. The molecular weight excluding hydrogens is 300 g/mol. The molecule has 3 nitrogen and oxygen atoms in total. The average molecular weight is 320 g/mol. The van der Waals surface area contributed by atoms with Crippen molar-refractivity contribution in [3.8, 4) is 5.75 Å². The summed E-state index contributed by atoms with van der Waals surface area (Å²) in [5, 5.41) is 11.7. The minimum absolute atomic E-state index is 0.204. The van der Waals surface area contributed by atoms with Gasteiger partial charge < -0.3 is 9.84 Å². The monoisotopic (exact) mass is 320 g/mol. The molecule has 0 spiro atoms. The van der Waals surface area contributed by atoms with E-state index in [9.17, 15) is 9.90 Å². The van der Waals surface area contributed by atoms with E-state index < -0.39 is 5.97 Å². The Bertz CT molecular complexity index is 863. The Balaban J connectivity index is 1.90. The first-order chi connectivity index (χ1) is 11.7. The van der Waals surface area contributed by atoms with Crippen molar-refractivity contribution < 1.29 is 14.6 Å². The van der Waals surface area contributed by atoms with Gasteiger partial charge in [0.05, 0.1) is 0 Å². The Morgan fingerprint density at radius 3 is 2.62 bits per heavy atom. The number of carbonyl (C=O) groups is 1. The van der Waals surface area contributed by atoms with Crippen LogP contribution in [-0.2, 0) is 13.0 Å². The number of aryl methyl sites for hydroxylation is 1. The smallest absolute Gasteiger partial charge is 0.339 e. The summed E-state index contributed by atoms with van der Waals surface area (Å²) in [6.07, 6.45) is 1.92. The Morgan fingerprint density at radius 2 is 1.83 bits per heavy atom. The van der Waals surface area contributed by atoms with Gasteiger partial charge in [-0.2, -0.15) is 0 Å². The maximum Gasteiger partial charge on any atom is 0.339 e. The van der Waals surface area contributed by atoms with E-state index in [4.69, 9.17) is 4.74 Å². The van der Waals surface area contributed by atoms with Gasteiger partial charge in [-0.25, -0.2) is 4.79 Å². The second-order valence-corrected chi connectivity index (χ2v) is 5.81. The van der Waals surface area contributed by atoms with Crippen LogP contribution in [0.2, 0.25) is 0 Å². The molecule has 0 amide bonds. The average Bonchev–Trinajstić information content (AvgIpc) is 2.60. The van der Waals surface area contributed by atoms with Gasteiger partial charge in [0, 0.05) is 0 Å². The molecule has 0 saturated heterocycles. The van der Waals surface area contributed by atoms with Crippen molar-refractivity contribution in [3.05, 3.63) is 77.4 Å². The lowest BCUT2D eigenvalue weighted by molar-refractivity contribution is 0.0692. The molecule has 0 aliphatic rings. The molecule has 3 rings (SSSR count). The zero-order chi connectivity index (χ0) is 16.9. The molecule has 0 fully saturated rings. The molecule has 3 aromatic rings. The molecule has 0 aliphatic carbocycles. The lowest BCUT2D eigenvalue weighted by Crippen LogP contribution is -2.04. The fourth-order valence-electron chi connectivity index (χ4n) is 2.88. The Labute approximate surface area is 141 Å². The first-order valence-electron chi connectivity index (χ1n) is 8.14. The molecule has 0 aliphatic heterocycles. The minimum atomic E-state index is -0.967. The summed E-state index contributed by atoms with van der Waals surface area (Å²) in [6.45, 7) is 2.44. The van der Waals surface area contributed by atoms with Gasteiger partial charge >= 0.3 is 5.97 Å². The SMILES string of the molecule is CCCc1ccc(C(=O)O)c(OCc2cccc3ccccc23)c1. The zero-order valence-corrected chi connectivity index (χ0v) is 13.7. The largest absolute Gasteiger partial charge is 0.488 e. The number of carboxylic acids is 1. The highest BCUT2D eigenvalue weighted by Gasteiger charge is 2.12. The van der Waals surface area contributed by atoms with Gasteiger partial charge in [0.25, 0.3) is 0 Å². The summed E-state index contributed by atoms with van der Waals surface area (Å²) >= 11 is 0. The number of hydrogen-bond donors (Lipinski definition) is 1. The molecule has 0 saturated carbocycles. The van der Waals surface area contributed by atoms with Gasteiger partial charge in [-0.05, 0) is 40.5 Å². The lowest BCUT2D eigenvalue weighted by atomic mass is 10.0. The number of rotatable bonds is 6. The van der Waals surface area contributed by atoms with Crippen molar-refractivity contribution in [1.82, 2.24) is 0 Å². The van der Waals surface area contributed by atoms with E-state index in [-0.39, 0.29) is 5.56 Å². The van der Waals surface area contributed by atoms with E-state index in [0.29, 0.717) is 12.4 Å². The van der Waals surface area contributed by atoms with Crippen LogP contribution in [0, 0.1) is 0 Å². The lowest BCUT2D eigenvalue weighted by Gasteiger charge is -2.12. The van der Waals surface area contributed by atoms with Gasteiger partial charge in [0.1, 0.15) is 17.9 Å². The van der Waals surface area contributed by atoms with Crippen LogP contribution >= 0.6 is 0 Å². The third kappa shape index (κ3) is 3.40. The molecule has 3 aromatic carbocycles. The summed E-state index contributed by atoms with van der Waals surface area (Å²) in [7, 11) is 0. The molecule has 24 heavy (non-hydrogen) atoms. The van der Waals surface area contributed by atoms with E-state index in [1.54, 1.807) is 6.07 Å². The van der Waals surface area contributed by atoms with Crippen molar-refractivity contribution in [3.63, 3.8) is 0 Å². The van der Waals surface area contributed by atoms with Crippen molar-refractivity contribution >= 4 is 16.7 Å². The number of carboxylic acid groups (broad SMARTS) is 1. The van der Waals surface area contributed by atoms with Crippen molar-refractivity contribution in [1.29, 1.82) is 0 Å². The van der Waals surface area contributed by atoms with Crippen LogP contribution in [0.15, 0.2) is 60.7 Å². The van der Waals surface area contributed by atoms with E-state index in [1.165, 1.54) is 0 Å². The standard InChI is InChI=1S/C21H20O3/c1-2-6-15-11-12-19(21(22)23)20(13-15)24-14-17-9-5-8-16-7-3-4-10-18(16)17/h3-5,7-13H,2,6,14H2,1H3,(H,22,23). The number of ether oxygens (including phenoxy) is 1. The first-order valence-corrected chi connectivity index (χ1v) is 8.14. The third-order valence-corrected chi connectivity index (χ3v) is 4.08. The van der Waals surface area contributed by atoms with Gasteiger partial charge in [0.2, 0.25) is 0 Å². The normalized spacial score (nSPS) is 10.7. The molecule has 0 unspecified atom stereocenters. The summed E-state index contributed by atoms with van der Waals surface area (Å²) in [5.74, 6) is -0.535. The number of benzene rings is 3. The fraction of sp³-hybridized carbons (Fsp3) is 0.190. The molecule has 0 atom stereocenters. The fourth-order valence-corrected chi connectivity index (χ4v) is 2.88. The van der Waals surface area contributed by atoms with Gasteiger partial charge in [0.15, 0.2) is 0 Å². The van der Waals surface area contributed by atoms with Crippen LogP contribution in [-0.4, -0.2) is 11.1 Å². The molecule has 0 heterocycles.